The fourth-order valence-corrected chi connectivity index (χ4v) is 1.46. The van der Waals surface area contributed by atoms with Gasteiger partial charge in [0, 0.05) is 23.5 Å². The van der Waals surface area contributed by atoms with Crippen LogP contribution in [0.5, 0.6) is 0 Å². The second-order valence-corrected chi connectivity index (χ2v) is 4.20. The largest absolute Gasteiger partial charge is 0.332 e. The first-order valence-corrected chi connectivity index (χ1v) is 5.55. The molecule has 0 unspecified atom stereocenters. The highest BCUT2D eigenvalue weighted by Gasteiger charge is 1.99. The summed E-state index contributed by atoms with van der Waals surface area (Å²) in [6, 6.07) is 7.78. The number of rotatable bonds is 4. The zero-order valence-corrected chi connectivity index (χ0v) is 10.3. The molecule has 0 saturated carbocycles. The van der Waals surface area contributed by atoms with E-state index in [-0.39, 0.29) is 0 Å². The van der Waals surface area contributed by atoms with Crippen molar-refractivity contribution >= 4 is 40.1 Å². The molecule has 6 N–H and O–H groups in total. The molecule has 86 valence electrons. The van der Waals surface area contributed by atoms with E-state index in [1.165, 1.54) is 0 Å². The van der Waals surface area contributed by atoms with Crippen LogP contribution < -0.4 is 22.3 Å². The third-order valence-corrected chi connectivity index (χ3v) is 2.50. The summed E-state index contributed by atoms with van der Waals surface area (Å²) < 4.78 is 0. The number of nitrogens with two attached hydrogens (primary N) is 2. The molecule has 6 heteroatoms. The van der Waals surface area contributed by atoms with E-state index in [1.54, 1.807) is 0 Å². The van der Waals surface area contributed by atoms with Gasteiger partial charge in [-0.1, -0.05) is 24.4 Å². The lowest BCUT2D eigenvalue weighted by Crippen LogP contribution is -2.34. The van der Waals surface area contributed by atoms with Crippen LogP contribution >= 0.6 is 24.4 Å². The summed E-state index contributed by atoms with van der Waals surface area (Å²) in [6.07, 6.45) is 0.728. The Kier molecular flexibility index (Phi) is 5.27. The highest BCUT2D eigenvalue weighted by molar-refractivity contribution is 7.80. The maximum atomic E-state index is 5.44. The van der Waals surface area contributed by atoms with Gasteiger partial charge in [-0.3, -0.25) is 0 Å². The van der Waals surface area contributed by atoms with Crippen molar-refractivity contribution in [3.8, 4) is 0 Å². The molecule has 16 heavy (non-hydrogen) atoms. The van der Waals surface area contributed by atoms with Crippen LogP contribution in [0.1, 0.15) is 5.56 Å². The van der Waals surface area contributed by atoms with Crippen molar-refractivity contribution in [1.29, 1.82) is 0 Å². The van der Waals surface area contributed by atoms with Crippen molar-refractivity contribution in [3.63, 3.8) is 0 Å². The average Bonchev–Trinajstić information content (AvgIpc) is 2.31. The van der Waals surface area contributed by atoms with Crippen LogP contribution in [0.25, 0.3) is 0 Å². The van der Waals surface area contributed by atoms with E-state index in [2.05, 4.69) is 10.7 Å². The predicted octanol–water partition coefficient (Wildman–Crippen LogP) is 0.718. The number of hydrogen-bond donors (Lipinski definition) is 4. The topological polar surface area (TPSA) is 76.1 Å². The number of hydrazine groups is 1. The van der Waals surface area contributed by atoms with Gasteiger partial charge in [0.25, 0.3) is 0 Å². The summed E-state index contributed by atoms with van der Waals surface area (Å²) in [6.45, 7) is 0.441. The van der Waals surface area contributed by atoms with Gasteiger partial charge in [-0.05, 0) is 29.9 Å². The van der Waals surface area contributed by atoms with Gasteiger partial charge in [0.1, 0.15) is 0 Å². The van der Waals surface area contributed by atoms with Crippen molar-refractivity contribution in [2.45, 2.75) is 6.42 Å². The second kappa shape index (κ2) is 6.49. The van der Waals surface area contributed by atoms with Crippen molar-refractivity contribution in [1.82, 2.24) is 5.43 Å². The molecule has 0 fully saturated rings. The van der Waals surface area contributed by atoms with E-state index < -0.39 is 0 Å². The Morgan fingerprint density at radius 1 is 1.19 bits per heavy atom. The van der Waals surface area contributed by atoms with E-state index in [0.717, 1.165) is 22.5 Å². The Labute approximate surface area is 105 Å². The van der Waals surface area contributed by atoms with Crippen LogP contribution in [-0.2, 0) is 6.42 Å². The minimum atomic E-state index is 0.380. The molecule has 0 amide bonds. The fraction of sp³-hybridized carbons (Fsp3) is 0.200. The lowest BCUT2D eigenvalue weighted by atomic mass is 10.1. The zero-order valence-electron chi connectivity index (χ0n) is 8.69. The molecule has 0 radical (unpaired) electrons. The summed E-state index contributed by atoms with van der Waals surface area (Å²) in [7, 11) is 0. The maximum absolute atomic E-state index is 5.44. The van der Waals surface area contributed by atoms with Crippen molar-refractivity contribution in [2.75, 3.05) is 11.9 Å². The highest BCUT2D eigenvalue weighted by atomic mass is 32.1. The standard InChI is InChI=1S/C10H14N4S2/c11-6-9(15)5-7-1-3-8(4-2-7)13-10(16)14-12/h1-4H,5-6,11-12H2,(H2,13,14,16). The zero-order chi connectivity index (χ0) is 12.0. The van der Waals surface area contributed by atoms with E-state index >= 15 is 0 Å². The summed E-state index contributed by atoms with van der Waals surface area (Å²) in [5.41, 5.74) is 9.81. The fourth-order valence-electron chi connectivity index (χ4n) is 1.17. The van der Waals surface area contributed by atoms with Gasteiger partial charge in [-0.2, -0.15) is 0 Å². The molecule has 0 aliphatic heterocycles. The summed E-state index contributed by atoms with van der Waals surface area (Å²) in [4.78, 5) is 0.847. The molecule has 0 heterocycles. The number of benzene rings is 1. The third kappa shape index (κ3) is 4.19. The van der Waals surface area contributed by atoms with Crippen LogP contribution in [0.3, 0.4) is 0 Å². The van der Waals surface area contributed by atoms with E-state index in [4.69, 9.17) is 36.0 Å². The Balaban J connectivity index is 2.60. The molecule has 0 spiro atoms. The molecule has 0 aliphatic rings. The molecule has 1 aromatic rings. The minimum Gasteiger partial charge on any atom is -0.332 e. The van der Waals surface area contributed by atoms with Gasteiger partial charge in [-0.25, -0.2) is 5.84 Å². The van der Waals surface area contributed by atoms with Gasteiger partial charge < -0.3 is 16.5 Å². The number of thiocarbonyl (C=S) groups is 2. The van der Waals surface area contributed by atoms with E-state index in [1.807, 2.05) is 24.3 Å². The maximum Gasteiger partial charge on any atom is 0.185 e. The molecule has 0 atom stereocenters. The third-order valence-electron chi connectivity index (χ3n) is 1.97. The summed E-state index contributed by atoms with van der Waals surface area (Å²) >= 11 is 9.95. The Bertz CT molecular complexity index is 338. The van der Waals surface area contributed by atoms with E-state index in [0.29, 0.717) is 11.7 Å². The molecular weight excluding hydrogens is 240 g/mol. The lowest BCUT2D eigenvalue weighted by molar-refractivity contribution is 1.04. The number of hydrogen-bond acceptors (Lipinski definition) is 4. The molecule has 4 nitrogen and oxygen atoms in total. The SMILES string of the molecule is NCC(=S)Cc1ccc(NC(=S)NN)cc1. The Morgan fingerprint density at radius 2 is 1.81 bits per heavy atom. The molecule has 1 aromatic carbocycles. The smallest absolute Gasteiger partial charge is 0.185 e. The highest BCUT2D eigenvalue weighted by Crippen LogP contribution is 2.10. The van der Waals surface area contributed by atoms with Gasteiger partial charge >= 0.3 is 0 Å². The quantitative estimate of drug-likeness (QED) is 0.360. The van der Waals surface area contributed by atoms with Crippen molar-refractivity contribution in [2.24, 2.45) is 11.6 Å². The van der Waals surface area contributed by atoms with Crippen LogP contribution in [0.2, 0.25) is 0 Å². The van der Waals surface area contributed by atoms with Gasteiger partial charge in [-0.15, -0.1) is 0 Å². The summed E-state index contributed by atoms with van der Waals surface area (Å²) in [5, 5.41) is 3.30. The normalized spacial score (nSPS) is 9.62. The lowest BCUT2D eigenvalue weighted by Gasteiger charge is -2.07. The molecular formula is C10H14N4S2. The van der Waals surface area contributed by atoms with Gasteiger partial charge in [0.2, 0.25) is 0 Å². The average molecular weight is 254 g/mol. The van der Waals surface area contributed by atoms with Crippen molar-refractivity contribution in [3.05, 3.63) is 29.8 Å². The Hall–Kier alpha value is -1.08. The van der Waals surface area contributed by atoms with Crippen LogP contribution in [0.15, 0.2) is 24.3 Å². The molecule has 0 bridgehead atoms. The Morgan fingerprint density at radius 3 is 2.31 bits per heavy atom. The predicted molar refractivity (Wildman–Crippen MR) is 75.3 cm³/mol. The first kappa shape index (κ1) is 13.0. The number of nitrogens with one attached hydrogen (secondary N) is 2. The molecule has 1 rings (SSSR count). The number of anilines is 1. The van der Waals surface area contributed by atoms with E-state index in [9.17, 15) is 0 Å². The van der Waals surface area contributed by atoms with Crippen LogP contribution in [-0.4, -0.2) is 16.5 Å². The monoisotopic (exact) mass is 254 g/mol. The van der Waals surface area contributed by atoms with Crippen LogP contribution in [0.4, 0.5) is 5.69 Å². The molecule has 0 aromatic heterocycles. The van der Waals surface area contributed by atoms with Gasteiger partial charge in [0.15, 0.2) is 5.11 Å². The van der Waals surface area contributed by atoms with Gasteiger partial charge in [0.05, 0.1) is 0 Å². The molecule has 0 saturated heterocycles. The summed E-state index contributed by atoms with van der Waals surface area (Å²) in [5.74, 6) is 5.15. The minimum absolute atomic E-state index is 0.380. The van der Waals surface area contributed by atoms with Crippen LogP contribution in [0, 0.1) is 0 Å². The second-order valence-electron chi connectivity index (χ2n) is 3.21. The first-order valence-electron chi connectivity index (χ1n) is 4.74. The first-order chi connectivity index (χ1) is 7.65. The van der Waals surface area contributed by atoms with Crippen molar-refractivity contribution < 1.29 is 0 Å². The molecule has 0 aliphatic carbocycles.